The van der Waals surface area contributed by atoms with Gasteiger partial charge in [-0.15, -0.1) is 0 Å². The van der Waals surface area contributed by atoms with E-state index in [2.05, 4.69) is 15.3 Å². The Morgan fingerprint density at radius 3 is 3.25 bits per heavy atom. The first-order valence-electron chi connectivity index (χ1n) is 3.72. The van der Waals surface area contributed by atoms with E-state index in [9.17, 15) is 4.79 Å². The average molecular weight is 165 g/mol. The summed E-state index contributed by atoms with van der Waals surface area (Å²) >= 11 is 0. The molecule has 0 saturated carbocycles. The quantitative estimate of drug-likeness (QED) is 0.650. The van der Waals surface area contributed by atoms with E-state index in [1.54, 1.807) is 0 Å². The molecule has 1 rings (SSSR count). The molecule has 1 heterocycles. The first kappa shape index (κ1) is 8.52. The topological polar surface area (TPSA) is 57.8 Å². The molecule has 64 valence electrons. The zero-order valence-electron chi connectivity index (χ0n) is 6.87. The summed E-state index contributed by atoms with van der Waals surface area (Å²) in [4.78, 5) is 17.1. The second-order valence-electron chi connectivity index (χ2n) is 2.25. The highest BCUT2D eigenvalue weighted by Gasteiger charge is 1.89. The predicted molar refractivity (Wildman–Crippen MR) is 48.2 cm³/mol. The SMILES string of the molecule is C/C=C/CNc1cc(=O)[nH]cn1. The van der Waals surface area contributed by atoms with Crippen molar-refractivity contribution >= 4 is 5.82 Å². The predicted octanol–water partition coefficient (Wildman–Crippen LogP) is 0.758. The summed E-state index contributed by atoms with van der Waals surface area (Å²) in [6.07, 6.45) is 5.25. The Morgan fingerprint density at radius 2 is 2.58 bits per heavy atom. The van der Waals surface area contributed by atoms with Gasteiger partial charge in [0, 0.05) is 12.6 Å². The van der Waals surface area contributed by atoms with Gasteiger partial charge >= 0.3 is 0 Å². The molecule has 0 aromatic carbocycles. The molecule has 0 atom stereocenters. The lowest BCUT2D eigenvalue weighted by atomic mass is 10.5. The summed E-state index contributed by atoms with van der Waals surface area (Å²) in [6, 6.07) is 1.42. The number of nitrogens with zero attached hydrogens (tertiary/aromatic N) is 1. The van der Waals surface area contributed by atoms with E-state index in [1.165, 1.54) is 12.4 Å². The molecule has 0 bridgehead atoms. The molecular weight excluding hydrogens is 154 g/mol. The average Bonchev–Trinajstić information content (AvgIpc) is 2.05. The van der Waals surface area contributed by atoms with Crippen LogP contribution in [-0.4, -0.2) is 16.5 Å². The summed E-state index contributed by atoms with van der Waals surface area (Å²) < 4.78 is 0. The lowest BCUT2D eigenvalue weighted by Crippen LogP contribution is -2.08. The van der Waals surface area contributed by atoms with Crippen LogP contribution >= 0.6 is 0 Å². The molecular formula is C8H11N3O. The van der Waals surface area contributed by atoms with Gasteiger partial charge in [-0.25, -0.2) is 4.98 Å². The van der Waals surface area contributed by atoms with Gasteiger partial charge in [0.05, 0.1) is 6.33 Å². The van der Waals surface area contributed by atoms with Crippen LogP contribution in [0.15, 0.2) is 29.3 Å². The molecule has 12 heavy (non-hydrogen) atoms. The van der Waals surface area contributed by atoms with Crippen molar-refractivity contribution in [1.29, 1.82) is 0 Å². The third-order valence-corrected chi connectivity index (χ3v) is 1.31. The number of hydrogen-bond donors (Lipinski definition) is 2. The lowest BCUT2D eigenvalue weighted by molar-refractivity contribution is 1.10. The van der Waals surface area contributed by atoms with Crippen molar-refractivity contribution in [2.45, 2.75) is 6.92 Å². The molecule has 0 aliphatic heterocycles. The number of H-pyrrole nitrogens is 1. The van der Waals surface area contributed by atoms with Gasteiger partial charge in [-0.05, 0) is 6.92 Å². The fourth-order valence-electron chi connectivity index (χ4n) is 0.747. The third kappa shape index (κ3) is 2.57. The van der Waals surface area contributed by atoms with Crippen LogP contribution in [-0.2, 0) is 0 Å². The van der Waals surface area contributed by atoms with Crippen LogP contribution in [0.3, 0.4) is 0 Å². The molecule has 0 amide bonds. The monoisotopic (exact) mass is 165 g/mol. The van der Waals surface area contributed by atoms with Crippen molar-refractivity contribution in [3.05, 3.63) is 34.9 Å². The Labute approximate surface area is 70.4 Å². The molecule has 0 spiro atoms. The number of allylic oxidation sites excluding steroid dienone is 1. The van der Waals surface area contributed by atoms with Crippen LogP contribution < -0.4 is 10.9 Å². The fraction of sp³-hybridized carbons (Fsp3) is 0.250. The van der Waals surface area contributed by atoms with Crippen molar-refractivity contribution < 1.29 is 0 Å². The molecule has 1 aromatic rings. The number of rotatable bonds is 3. The fourth-order valence-corrected chi connectivity index (χ4v) is 0.747. The molecule has 4 nitrogen and oxygen atoms in total. The first-order valence-corrected chi connectivity index (χ1v) is 3.72. The van der Waals surface area contributed by atoms with Gasteiger partial charge in [0.25, 0.3) is 5.56 Å². The largest absolute Gasteiger partial charge is 0.366 e. The summed E-state index contributed by atoms with van der Waals surface area (Å²) in [5.41, 5.74) is -0.145. The van der Waals surface area contributed by atoms with Crippen LogP contribution in [0.2, 0.25) is 0 Å². The van der Waals surface area contributed by atoms with E-state index in [4.69, 9.17) is 0 Å². The molecule has 4 heteroatoms. The molecule has 0 saturated heterocycles. The van der Waals surface area contributed by atoms with E-state index >= 15 is 0 Å². The maximum absolute atomic E-state index is 10.8. The maximum atomic E-state index is 10.8. The first-order chi connectivity index (χ1) is 5.83. The zero-order chi connectivity index (χ0) is 8.81. The molecule has 0 aliphatic carbocycles. The Morgan fingerprint density at radius 1 is 1.75 bits per heavy atom. The molecule has 1 aromatic heterocycles. The van der Waals surface area contributed by atoms with Gasteiger partial charge in [0.1, 0.15) is 5.82 Å². The van der Waals surface area contributed by atoms with Gasteiger partial charge < -0.3 is 10.3 Å². The minimum atomic E-state index is -0.145. The highest BCUT2D eigenvalue weighted by atomic mass is 16.1. The van der Waals surface area contributed by atoms with Gasteiger partial charge in [-0.3, -0.25) is 4.79 Å². The van der Waals surface area contributed by atoms with Crippen LogP contribution in [0.1, 0.15) is 6.92 Å². The van der Waals surface area contributed by atoms with Crippen LogP contribution in [0.5, 0.6) is 0 Å². The van der Waals surface area contributed by atoms with E-state index in [-0.39, 0.29) is 5.56 Å². The molecule has 0 aliphatic rings. The van der Waals surface area contributed by atoms with Crippen LogP contribution in [0.25, 0.3) is 0 Å². The van der Waals surface area contributed by atoms with Gasteiger partial charge in [-0.1, -0.05) is 12.2 Å². The highest BCUT2D eigenvalue weighted by molar-refractivity contribution is 5.32. The van der Waals surface area contributed by atoms with Gasteiger partial charge in [0.2, 0.25) is 0 Å². The number of nitrogens with one attached hydrogen (secondary N) is 2. The number of anilines is 1. The Bertz CT molecular complexity index is 316. The van der Waals surface area contributed by atoms with Gasteiger partial charge in [-0.2, -0.15) is 0 Å². The van der Waals surface area contributed by atoms with Crippen molar-refractivity contribution in [2.75, 3.05) is 11.9 Å². The highest BCUT2D eigenvalue weighted by Crippen LogP contribution is 1.92. The molecule has 0 unspecified atom stereocenters. The Kier molecular flexibility index (Phi) is 3.07. The van der Waals surface area contributed by atoms with Crippen LogP contribution in [0, 0.1) is 0 Å². The van der Waals surface area contributed by atoms with Crippen molar-refractivity contribution in [2.24, 2.45) is 0 Å². The smallest absolute Gasteiger partial charge is 0.252 e. The second-order valence-corrected chi connectivity index (χ2v) is 2.25. The summed E-state index contributed by atoms with van der Waals surface area (Å²) in [5, 5.41) is 2.97. The molecule has 0 radical (unpaired) electrons. The lowest BCUT2D eigenvalue weighted by Gasteiger charge is -1.98. The van der Waals surface area contributed by atoms with Crippen molar-refractivity contribution in [3.63, 3.8) is 0 Å². The molecule has 2 N–H and O–H groups in total. The number of hydrogen-bond acceptors (Lipinski definition) is 3. The Balaban J connectivity index is 2.58. The second kappa shape index (κ2) is 4.33. The van der Waals surface area contributed by atoms with Crippen LogP contribution in [0.4, 0.5) is 5.82 Å². The van der Waals surface area contributed by atoms with Crippen molar-refractivity contribution in [3.8, 4) is 0 Å². The van der Waals surface area contributed by atoms with E-state index in [0.717, 1.165) is 0 Å². The standard InChI is InChI=1S/C8H11N3O/c1-2-3-4-9-7-5-8(12)11-6-10-7/h2-3,5-6H,4H2,1H3,(H2,9,10,11,12)/b3-2+. The maximum Gasteiger partial charge on any atom is 0.252 e. The summed E-state index contributed by atoms with van der Waals surface area (Å²) in [6.45, 7) is 2.62. The summed E-state index contributed by atoms with van der Waals surface area (Å²) in [5.74, 6) is 0.594. The Hall–Kier alpha value is -1.58. The summed E-state index contributed by atoms with van der Waals surface area (Å²) in [7, 11) is 0. The number of aromatic amines is 1. The zero-order valence-corrected chi connectivity index (χ0v) is 6.87. The number of aromatic nitrogens is 2. The van der Waals surface area contributed by atoms with Crippen molar-refractivity contribution in [1.82, 2.24) is 9.97 Å². The molecule has 0 fully saturated rings. The van der Waals surface area contributed by atoms with E-state index < -0.39 is 0 Å². The normalized spacial score (nSPS) is 10.4. The third-order valence-electron chi connectivity index (χ3n) is 1.31. The van der Waals surface area contributed by atoms with Gasteiger partial charge in [0.15, 0.2) is 0 Å². The van der Waals surface area contributed by atoms with E-state index in [0.29, 0.717) is 12.4 Å². The van der Waals surface area contributed by atoms with E-state index in [1.807, 2.05) is 19.1 Å². The minimum absolute atomic E-state index is 0.145. The minimum Gasteiger partial charge on any atom is -0.366 e.